The van der Waals surface area contributed by atoms with Crippen LogP contribution in [-0.4, -0.2) is 29.6 Å². The third kappa shape index (κ3) is 5.30. The van der Waals surface area contributed by atoms with Crippen LogP contribution in [-0.2, 0) is 9.53 Å². The van der Waals surface area contributed by atoms with Gasteiger partial charge >= 0.3 is 5.97 Å². The third-order valence-corrected chi connectivity index (χ3v) is 3.99. The van der Waals surface area contributed by atoms with Gasteiger partial charge in [0.1, 0.15) is 11.4 Å². The van der Waals surface area contributed by atoms with Gasteiger partial charge in [-0.25, -0.2) is 4.98 Å². The van der Waals surface area contributed by atoms with Crippen LogP contribution in [0.2, 0.25) is 0 Å². The number of halogens is 1. The molecule has 1 fully saturated rings. The summed E-state index contributed by atoms with van der Waals surface area (Å²) in [5.74, 6) is 1.35. The molecular weight excluding hydrogens is 332 g/mol. The number of nitrogens with zero attached hydrogens (tertiary/aromatic N) is 2. The maximum Gasteiger partial charge on any atom is 0.306 e. The van der Waals surface area contributed by atoms with Gasteiger partial charge in [-0.2, -0.15) is 0 Å². The smallest absolute Gasteiger partial charge is 0.306 e. The summed E-state index contributed by atoms with van der Waals surface area (Å²) < 4.78 is 6.39. The number of rotatable bonds is 3. The molecule has 0 radical (unpaired) electrons. The Balaban J connectivity index is 1.80. The van der Waals surface area contributed by atoms with Crippen molar-refractivity contribution in [1.29, 1.82) is 0 Å². The Labute approximate surface area is 135 Å². The van der Waals surface area contributed by atoms with Crippen molar-refractivity contribution in [3.63, 3.8) is 0 Å². The fourth-order valence-corrected chi connectivity index (χ4v) is 2.77. The molecule has 2 rings (SSSR count). The second kappa shape index (κ2) is 6.77. The number of ether oxygens (including phenoxy) is 1. The summed E-state index contributed by atoms with van der Waals surface area (Å²) in [5.41, 5.74) is -0.390. The Morgan fingerprint density at radius 3 is 2.57 bits per heavy atom. The fourth-order valence-electron chi connectivity index (χ4n) is 2.54. The van der Waals surface area contributed by atoms with Crippen molar-refractivity contribution in [3.05, 3.63) is 22.8 Å². The van der Waals surface area contributed by atoms with E-state index in [1.807, 2.05) is 39.1 Å². The molecule has 0 saturated carbocycles. The van der Waals surface area contributed by atoms with Crippen molar-refractivity contribution in [1.82, 2.24) is 4.98 Å². The highest BCUT2D eigenvalue weighted by molar-refractivity contribution is 9.10. The van der Waals surface area contributed by atoms with Crippen molar-refractivity contribution in [2.24, 2.45) is 5.92 Å². The molecule has 0 spiro atoms. The first-order valence-corrected chi connectivity index (χ1v) is 8.21. The molecule has 0 N–H and O–H groups in total. The zero-order valence-electron chi connectivity index (χ0n) is 12.9. The average Bonchev–Trinajstić information content (AvgIpc) is 2.38. The number of piperidine rings is 1. The highest BCUT2D eigenvalue weighted by Crippen LogP contribution is 2.25. The molecule has 5 heteroatoms. The zero-order valence-corrected chi connectivity index (χ0v) is 14.5. The van der Waals surface area contributed by atoms with Crippen LogP contribution in [0, 0.1) is 5.92 Å². The summed E-state index contributed by atoms with van der Waals surface area (Å²) >= 11 is 3.40. The maximum atomic E-state index is 11.9. The topological polar surface area (TPSA) is 42.4 Å². The van der Waals surface area contributed by atoms with Crippen LogP contribution >= 0.6 is 15.9 Å². The summed E-state index contributed by atoms with van der Waals surface area (Å²) in [4.78, 5) is 18.6. The molecule has 2 heterocycles. The Kier molecular flexibility index (Phi) is 5.25. The summed E-state index contributed by atoms with van der Waals surface area (Å²) in [6.07, 6.45) is 4.37. The molecule has 0 aromatic carbocycles. The number of hydrogen-bond donors (Lipinski definition) is 0. The number of hydrogen-bond acceptors (Lipinski definition) is 4. The molecule has 1 aliphatic rings. The molecule has 0 aliphatic carbocycles. The Morgan fingerprint density at radius 2 is 2.05 bits per heavy atom. The van der Waals surface area contributed by atoms with Crippen LogP contribution in [0.15, 0.2) is 22.8 Å². The standard InChI is InChI=1S/C16H23BrN2O2/c1-16(2,3)21-15(20)10-12-6-8-19(9-7-12)14-5-4-13(17)11-18-14/h4-5,11-12H,6-10H2,1-3H3. The van der Waals surface area contributed by atoms with Gasteiger partial charge in [-0.05, 0) is 67.6 Å². The highest BCUT2D eigenvalue weighted by Gasteiger charge is 2.24. The lowest BCUT2D eigenvalue weighted by molar-refractivity contribution is -0.156. The first kappa shape index (κ1) is 16.3. The number of anilines is 1. The molecular formula is C16H23BrN2O2. The van der Waals surface area contributed by atoms with E-state index in [0.717, 1.165) is 36.2 Å². The van der Waals surface area contributed by atoms with E-state index < -0.39 is 0 Å². The lowest BCUT2D eigenvalue weighted by Gasteiger charge is -2.32. The van der Waals surface area contributed by atoms with Crippen molar-refractivity contribution in [3.8, 4) is 0 Å². The highest BCUT2D eigenvalue weighted by atomic mass is 79.9. The van der Waals surface area contributed by atoms with Gasteiger partial charge in [0, 0.05) is 30.2 Å². The van der Waals surface area contributed by atoms with Crippen LogP contribution in [0.3, 0.4) is 0 Å². The number of carbonyl (C=O) groups excluding carboxylic acids is 1. The number of esters is 1. The minimum absolute atomic E-state index is 0.0808. The van der Waals surface area contributed by atoms with Gasteiger partial charge in [-0.1, -0.05) is 0 Å². The second-order valence-electron chi connectivity index (χ2n) is 6.56. The van der Waals surface area contributed by atoms with Crippen molar-refractivity contribution < 1.29 is 9.53 Å². The van der Waals surface area contributed by atoms with E-state index in [1.165, 1.54) is 0 Å². The van der Waals surface area contributed by atoms with Crippen LogP contribution in [0.4, 0.5) is 5.82 Å². The van der Waals surface area contributed by atoms with Gasteiger partial charge < -0.3 is 9.64 Å². The lowest BCUT2D eigenvalue weighted by atomic mass is 9.93. The van der Waals surface area contributed by atoms with Gasteiger partial charge in [0.2, 0.25) is 0 Å². The van der Waals surface area contributed by atoms with E-state index in [4.69, 9.17) is 4.74 Å². The number of aromatic nitrogens is 1. The van der Waals surface area contributed by atoms with Crippen molar-refractivity contribution >= 4 is 27.7 Å². The SMILES string of the molecule is CC(C)(C)OC(=O)CC1CCN(c2ccc(Br)cn2)CC1. The molecule has 1 aromatic heterocycles. The van der Waals surface area contributed by atoms with Crippen LogP contribution < -0.4 is 4.90 Å². The third-order valence-electron chi connectivity index (χ3n) is 3.53. The minimum Gasteiger partial charge on any atom is -0.460 e. The molecule has 1 aliphatic heterocycles. The molecule has 0 bridgehead atoms. The largest absolute Gasteiger partial charge is 0.460 e. The molecule has 0 atom stereocenters. The Morgan fingerprint density at radius 1 is 1.38 bits per heavy atom. The minimum atomic E-state index is -0.390. The molecule has 1 aromatic rings. The maximum absolute atomic E-state index is 11.9. The number of pyridine rings is 1. The monoisotopic (exact) mass is 354 g/mol. The van der Waals surface area contributed by atoms with Crippen LogP contribution in [0.25, 0.3) is 0 Å². The summed E-state index contributed by atoms with van der Waals surface area (Å²) in [6, 6.07) is 4.04. The summed E-state index contributed by atoms with van der Waals surface area (Å²) in [5, 5.41) is 0. The summed E-state index contributed by atoms with van der Waals surface area (Å²) in [7, 11) is 0. The normalized spacial score (nSPS) is 16.9. The molecule has 0 amide bonds. The zero-order chi connectivity index (χ0) is 15.5. The fraction of sp³-hybridized carbons (Fsp3) is 0.625. The van der Waals surface area contributed by atoms with Gasteiger partial charge in [-0.15, -0.1) is 0 Å². The van der Waals surface area contributed by atoms with E-state index in [1.54, 1.807) is 0 Å². The Hall–Kier alpha value is -1.10. The molecule has 0 unspecified atom stereocenters. The predicted molar refractivity (Wildman–Crippen MR) is 87.3 cm³/mol. The van der Waals surface area contributed by atoms with Crippen molar-refractivity contribution in [2.45, 2.75) is 45.6 Å². The van der Waals surface area contributed by atoms with E-state index in [0.29, 0.717) is 12.3 Å². The van der Waals surface area contributed by atoms with E-state index in [-0.39, 0.29) is 11.6 Å². The number of carbonyl (C=O) groups is 1. The average molecular weight is 355 g/mol. The van der Waals surface area contributed by atoms with Gasteiger partial charge in [0.25, 0.3) is 0 Å². The molecule has 1 saturated heterocycles. The second-order valence-corrected chi connectivity index (χ2v) is 7.47. The van der Waals surface area contributed by atoms with Crippen LogP contribution in [0.5, 0.6) is 0 Å². The van der Waals surface area contributed by atoms with Crippen LogP contribution in [0.1, 0.15) is 40.0 Å². The molecule has 116 valence electrons. The first-order valence-electron chi connectivity index (χ1n) is 7.42. The summed E-state index contributed by atoms with van der Waals surface area (Å²) in [6.45, 7) is 7.62. The molecule has 4 nitrogen and oxygen atoms in total. The lowest BCUT2D eigenvalue weighted by Crippen LogP contribution is -2.35. The first-order chi connectivity index (χ1) is 9.83. The van der Waals surface area contributed by atoms with E-state index in [9.17, 15) is 4.79 Å². The Bertz CT molecular complexity index is 474. The predicted octanol–water partition coefficient (Wildman–Crippen LogP) is 3.79. The molecule has 21 heavy (non-hydrogen) atoms. The van der Waals surface area contributed by atoms with Gasteiger partial charge in [0.15, 0.2) is 0 Å². The van der Waals surface area contributed by atoms with Gasteiger partial charge in [-0.3, -0.25) is 4.79 Å². The van der Waals surface area contributed by atoms with Crippen molar-refractivity contribution in [2.75, 3.05) is 18.0 Å². The van der Waals surface area contributed by atoms with E-state index >= 15 is 0 Å². The van der Waals surface area contributed by atoms with Gasteiger partial charge in [0.05, 0.1) is 0 Å². The van der Waals surface area contributed by atoms with E-state index in [2.05, 4.69) is 25.8 Å². The quantitative estimate of drug-likeness (QED) is 0.774.